The molecular formula is C11H17NO3. The van der Waals surface area contributed by atoms with Crippen molar-refractivity contribution in [3.8, 4) is 0 Å². The van der Waals surface area contributed by atoms with Crippen LogP contribution in [0.4, 0.5) is 0 Å². The first-order valence-electron chi connectivity index (χ1n) is 5.46. The maximum absolute atomic E-state index is 11.9. The Morgan fingerprint density at radius 2 is 2.00 bits per heavy atom. The summed E-state index contributed by atoms with van der Waals surface area (Å²) in [7, 11) is 1.72. The zero-order chi connectivity index (χ0) is 11.2. The molecule has 4 nitrogen and oxygen atoms in total. The van der Waals surface area contributed by atoms with Crippen LogP contribution in [-0.2, 0) is 9.59 Å². The fraction of sp³-hybridized carbons (Fsp3) is 0.818. The Morgan fingerprint density at radius 1 is 1.47 bits per heavy atom. The zero-order valence-electron chi connectivity index (χ0n) is 9.19. The standard InChI is InChI=1S/C11H17NO3/c1-7-5-8(7)6-12(2)9(13)11(3-4-11)10(14)15/h7-8H,3-6H2,1-2H3,(H,14,15). The van der Waals surface area contributed by atoms with Gasteiger partial charge in [0.2, 0.25) is 5.91 Å². The Morgan fingerprint density at radius 3 is 2.33 bits per heavy atom. The summed E-state index contributed by atoms with van der Waals surface area (Å²) in [5, 5.41) is 8.98. The number of carbonyl (C=O) groups excluding carboxylic acids is 1. The summed E-state index contributed by atoms with van der Waals surface area (Å²) in [4.78, 5) is 24.4. The summed E-state index contributed by atoms with van der Waals surface area (Å²) in [5.41, 5.74) is -1.06. The maximum Gasteiger partial charge on any atom is 0.319 e. The Balaban J connectivity index is 1.93. The molecule has 1 amide bonds. The Hall–Kier alpha value is -1.06. The average Bonchev–Trinajstić information content (AvgIpc) is 3.02. The molecule has 2 aliphatic rings. The lowest BCUT2D eigenvalue weighted by Gasteiger charge is -2.20. The second-order valence-electron chi connectivity index (χ2n) is 5.05. The van der Waals surface area contributed by atoms with Crippen LogP contribution >= 0.6 is 0 Å². The molecule has 4 heteroatoms. The number of hydrogen-bond donors (Lipinski definition) is 1. The number of rotatable bonds is 4. The van der Waals surface area contributed by atoms with Gasteiger partial charge in [-0.05, 0) is 31.1 Å². The molecule has 0 saturated heterocycles. The molecule has 0 aliphatic heterocycles. The van der Waals surface area contributed by atoms with E-state index in [0.29, 0.717) is 24.7 Å². The maximum atomic E-state index is 11.9. The van der Waals surface area contributed by atoms with Gasteiger partial charge >= 0.3 is 5.97 Å². The molecule has 2 saturated carbocycles. The van der Waals surface area contributed by atoms with Gasteiger partial charge in [0, 0.05) is 13.6 Å². The molecule has 1 N–H and O–H groups in total. The van der Waals surface area contributed by atoms with E-state index in [1.807, 2.05) is 0 Å². The van der Waals surface area contributed by atoms with Crippen LogP contribution < -0.4 is 0 Å². The molecule has 0 aromatic rings. The van der Waals surface area contributed by atoms with Gasteiger partial charge in [-0.2, -0.15) is 0 Å². The van der Waals surface area contributed by atoms with Crippen LogP contribution in [0.2, 0.25) is 0 Å². The largest absolute Gasteiger partial charge is 0.480 e. The van der Waals surface area contributed by atoms with E-state index in [-0.39, 0.29) is 5.91 Å². The normalized spacial score (nSPS) is 30.8. The van der Waals surface area contributed by atoms with Gasteiger partial charge in [0.25, 0.3) is 0 Å². The van der Waals surface area contributed by atoms with Crippen molar-refractivity contribution in [1.82, 2.24) is 4.90 Å². The van der Waals surface area contributed by atoms with Crippen LogP contribution in [0.15, 0.2) is 0 Å². The first-order chi connectivity index (χ1) is 6.97. The number of carbonyl (C=O) groups is 2. The van der Waals surface area contributed by atoms with Crippen LogP contribution in [0.5, 0.6) is 0 Å². The Bertz CT molecular complexity index is 309. The van der Waals surface area contributed by atoms with Crippen molar-refractivity contribution in [2.45, 2.75) is 26.2 Å². The average molecular weight is 211 g/mol. The Kier molecular flexibility index (Phi) is 2.24. The third-order valence-electron chi connectivity index (χ3n) is 3.70. The van der Waals surface area contributed by atoms with Crippen molar-refractivity contribution < 1.29 is 14.7 Å². The van der Waals surface area contributed by atoms with Gasteiger partial charge in [-0.3, -0.25) is 9.59 Å². The molecule has 2 rings (SSSR count). The van der Waals surface area contributed by atoms with Gasteiger partial charge in [-0.15, -0.1) is 0 Å². The van der Waals surface area contributed by atoms with Gasteiger partial charge in [-0.1, -0.05) is 6.92 Å². The molecule has 2 fully saturated rings. The van der Waals surface area contributed by atoms with Gasteiger partial charge in [0.05, 0.1) is 0 Å². The zero-order valence-corrected chi connectivity index (χ0v) is 9.19. The van der Waals surface area contributed by atoms with Crippen LogP contribution in [-0.4, -0.2) is 35.5 Å². The van der Waals surface area contributed by atoms with Gasteiger partial charge in [0.15, 0.2) is 0 Å². The van der Waals surface area contributed by atoms with Crippen molar-refractivity contribution in [3.05, 3.63) is 0 Å². The minimum atomic E-state index is -1.06. The molecule has 0 aromatic carbocycles. The van der Waals surface area contributed by atoms with E-state index in [1.165, 1.54) is 0 Å². The van der Waals surface area contributed by atoms with Crippen LogP contribution in [0.3, 0.4) is 0 Å². The summed E-state index contributed by atoms with van der Waals surface area (Å²) >= 11 is 0. The summed E-state index contributed by atoms with van der Waals surface area (Å²) < 4.78 is 0. The molecule has 2 atom stereocenters. The van der Waals surface area contributed by atoms with E-state index in [0.717, 1.165) is 13.0 Å². The molecular weight excluding hydrogens is 194 g/mol. The van der Waals surface area contributed by atoms with E-state index in [4.69, 9.17) is 5.11 Å². The topological polar surface area (TPSA) is 57.6 Å². The second kappa shape index (κ2) is 3.22. The lowest BCUT2D eigenvalue weighted by molar-refractivity contribution is -0.152. The van der Waals surface area contributed by atoms with Gasteiger partial charge in [-0.25, -0.2) is 0 Å². The van der Waals surface area contributed by atoms with E-state index < -0.39 is 11.4 Å². The van der Waals surface area contributed by atoms with Gasteiger partial charge in [0.1, 0.15) is 5.41 Å². The molecule has 0 radical (unpaired) electrons. The van der Waals surface area contributed by atoms with Crippen molar-refractivity contribution in [2.75, 3.05) is 13.6 Å². The van der Waals surface area contributed by atoms with E-state index >= 15 is 0 Å². The van der Waals surface area contributed by atoms with E-state index in [1.54, 1.807) is 11.9 Å². The smallest absolute Gasteiger partial charge is 0.319 e. The summed E-state index contributed by atoms with van der Waals surface area (Å²) in [5.74, 6) is 0.126. The van der Waals surface area contributed by atoms with Crippen molar-refractivity contribution >= 4 is 11.9 Å². The molecule has 2 unspecified atom stereocenters. The van der Waals surface area contributed by atoms with Crippen molar-refractivity contribution in [2.24, 2.45) is 17.3 Å². The fourth-order valence-corrected chi connectivity index (χ4v) is 2.10. The van der Waals surface area contributed by atoms with Crippen LogP contribution in [0.1, 0.15) is 26.2 Å². The first-order valence-corrected chi connectivity index (χ1v) is 5.46. The van der Waals surface area contributed by atoms with E-state index in [9.17, 15) is 9.59 Å². The summed E-state index contributed by atoms with van der Waals surface area (Å²) in [6.45, 7) is 2.88. The molecule has 0 bridgehead atoms. The molecule has 0 spiro atoms. The van der Waals surface area contributed by atoms with Crippen molar-refractivity contribution in [3.63, 3.8) is 0 Å². The molecule has 84 valence electrons. The van der Waals surface area contributed by atoms with Crippen molar-refractivity contribution in [1.29, 1.82) is 0 Å². The highest BCUT2D eigenvalue weighted by Crippen LogP contribution is 2.48. The molecule has 2 aliphatic carbocycles. The molecule has 0 aromatic heterocycles. The second-order valence-corrected chi connectivity index (χ2v) is 5.05. The highest BCUT2D eigenvalue weighted by Gasteiger charge is 2.58. The molecule has 15 heavy (non-hydrogen) atoms. The summed E-state index contributed by atoms with van der Waals surface area (Å²) in [6, 6.07) is 0. The number of hydrogen-bond acceptors (Lipinski definition) is 2. The number of nitrogens with zero attached hydrogens (tertiary/aromatic N) is 1. The fourth-order valence-electron chi connectivity index (χ4n) is 2.10. The van der Waals surface area contributed by atoms with Crippen LogP contribution in [0, 0.1) is 17.3 Å². The SMILES string of the molecule is CC1CC1CN(C)C(=O)C1(C(=O)O)CC1. The minimum Gasteiger partial charge on any atom is -0.480 e. The number of aliphatic carboxylic acids is 1. The van der Waals surface area contributed by atoms with E-state index in [2.05, 4.69) is 6.92 Å². The predicted octanol–water partition coefficient (Wildman–Crippen LogP) is 0.966. The van der Waals surface area contributed by atoms with Crippen LogP contribution in [0.25, 0.3) is 0 Å². The number of carboxylic acid groups (broad SMARTS) is 1. The number of amides is 1. The summed E-state index contributed by atoms with van der Waals surface area (Å²) in [6.07, 6.45) is 2.18. The third-order valence-corrected chi connectivity index (χ3v) is 3.70. The third kappa shape index (κ3) is 1.73. The highest BCUT2D eigenvalue weighted by atomic mass is 16.4. The lowest BCUT2D eigenvalue weighted by atomic mass is 10.1. The Labute approximate surface area is 89.3 Å². The molecule has 0 heterocycles. The van der Waals surface area contributed by atoms with Gasteiger partial charge < -0.3 is 10.0 Å². The monoisotopic (exact) mass is 211 g/mol. The highest BCUT2D eigenvalue weighted by molar-refractivity contribution is 6.04. The predicted molar refractivity (Wildman–Crippen MR) is 54.2 cm³/mol. The number of carboxylic acids is 1. The quantitative estimate of drug-likeness (QED) is 0.705. The first kappa shape index (κ1) is 10.5. The lowest BCUT2D eigenvalue weighted by Crippen LogP contribution is -2.39. The minimum absolute atomic E-state index is 0.200.